The number of hydrogen-bond acceptors (Lipinski definition) is 6. The highest BCUT2D eigenvalue weighted by atomic mass is 16.6. The molecule has 34 heavy (non-hydrogen) atoms. The molecule has 0 N–H and O–H groups in total. The topological polar surface area (TPSA) is 77.5 Å². The fourth-order valence-electron chi connectivity index (χ4n) is 4.27. The number of rotatable bonds is 7. The Labute approximate surface area is 201 Å². The van der Waals surface area contributed by atoms with Gasteiger partial charge in [-0.1, -0.05) is 30.3 Å². The summed E-state index contributed by atoms with van der Waals surface area (Å²) < 4.78 is 22.0. The molecular formula is C26H34N2O6. The summed E-state index contributed by atoms with van der Waals surface area (Å²) in [6, 6.07) is 12.8. The standard InChI is InChI=1S/C26H34N2O6/c1-7-33-26(30)28-18(4)13-21(20-14-23(31-5)24(32-6)15-22(20)28)27(25(29)34-17(2)3)16-19-11-9-8-10-12-19/h8-12,14-15,17-18,21H,7,13,16H2,1-6H3/t18-,21+/m0/s1. The van der Waals surface area contributed by atoms with Crippen molar-refractivity contribution in [1.29, 1.82) is 0 Å². The number of methoxy groups -OCH3 is 2. The van der Waals surface area contributed by atoms with Crippen LogP contribution in [0.1, 0.15) is 51.3 Å². The number of nitrogens with zero attached hydrogens (tertiary/aromatic N) is 2. The van der Waals surface area contributed by atoms with Gasteiger partial charge in [0, 0.05) is 24.2 Å². The van der Waals surface area contributed by atoms with Crippen LogP contribution in [-0.2, 0) is 16.0 Å². The molecule has 0 radical (unpaired) electrons. The monoisotopic (exact) mass is 470 g/mol. The molecule has 0 bridgehead atoms. The van der Waals surface area contributed by atoms with Gasteiger partial charge in [0.25, 0.3) is 0 Å². The number of amides is 2. The van der Waals surface area contributed by atoms with Crippen LogP contribution in [0.2, 0.25) is 0 Å². The highest BCUT2D eigenvalue weighted by Crippen LogP contribution is 2.46. The number of ether oxygens (including phenoxy) is 4. The quantitative estimate of drug-likeness (QED) is 0.528. The molecule has 1 aliphatic rings. The molecule has 0 aromatic heterocycles. The molecule has 2 aromatic carbocycles. The highest BCUT2D eigenvalue weighted by molar-refractivity contribution is 5.91. The zero-order valence-corrected chi connectivity index (χ0v) is 20.7. The number of benzene rings is 2. The molecule has 0 aliphatic carbocycles. The maximum Gasteiger partial charge on any atom is 0.414 e. The van der Waals surface area contributed by atoms with E-state index in [1.807, 2.05) is 57.2 Å². The summed E-state index contributed by atoms with van der Waals surface area (Å²) in [5.74, 6) is 1.00. The smallest absolute Gasteiger partial charge is 0.414 e. The van der Waals surface area contributed by atoms with E-state index >= 15 is 0 Å². The van der Waals surface area contributed by atoms with E-state index in [1.54, 1.807) is 37.0 Å². The predicted octanol–water partition coefficient (Wildman–Crippen LogP) is 5.55. The molecule has 0 unspecified atom stereocenters. The van der Waals surface area contributed by atoms with E-state index < -0.39 is 12.2 Å². The Hall–Kier alpha value is -3.42. The van der Waals surface area contributed by atoms with Gasteiger partial charge in [-0.2, -0.15) is 0 Å². The van der Waals surface area contributed by atoms with Crippen LogP contribution < -0.4 is 14.4 Å². The van der Waals surface area contributed by atoms with Crippen molar-refractivity contribution in [2.75, 3.05) is 25.7 Å². The van der Waals surface area contributed by atoms with Crippen LogP contribution in [0, 0.1) is 0 Å². The lowest BCUT2D eigenvalue weighted by Gasteiger charge is -2.43. The second-order valence-corrected chi connectivity index (χ2v) is 8.48. The van der Waals surface area contributed by atoms with E-state index in [0.29, 0.717) is 30.2 Å². The van der Waals surface area contributed by atoms with Gasteiger partial charge in [0.2, 0.25) is 0 Å². The molecule has 2 amide bonds. The zero-order chi connectivity index (χ0) is 24.8. The lowest BCUT2D eigenvalue weighted by atomic mass is 9.90. The SMILES string of the molecule is CCOC(=O)N1c2cc(OC)c(OC)cc2[C@H](N(Cc2ccccc2)C(=O)OC(C)C)C[C@@H]1C. The predicted molar refractivity (Wildman–Crippen MR) is 129 cm³/mol. The maximum absolute atomic E-state index is 13.3. The first kappa shape index (κ1) is 25.2. The number of hydrogen-bond donors (Lipinski definition) is 0. The molecule has 1 heterocycles. The third kappa shape index (κ3) is 5.38. The van der Waals surface area contributed by atoms with Gasteiger partial charge < -0.3 is 18.9 Å². The minimum Gasteiger partial charge on any atom is -0.493 e. The van der Waals surface area contributed by atoms with E-state index in [2.05, 4.69) is 0 Å². The summed E-state index contributed by atoms with van der Waals surface area (Å²) in [6.45, 7) is 7.98. The average Bonchev–Trinajstić information content (AvgIpc) is 2.81. The fraction of sp³-hybridized carbons (Fsp3) is 0.462. The van der Waals surface area contributed by atoms with Gasteiger partial charge in [-0.25, -0.2) is 9.59 Å². The lowest BCUT2D eigenvalue weighted by Crippen LogP contribution is -2.48. The van der Waals surface area contributed by atoms with E-state index in [4.69, 9.17) is 18.9 Å². The van der Waals surface area contributed by atoms with E-state index in [-0.39, 0.29) is 24.8 Å². The van der Waals surface area contributed by atoms with Gasteiger partial charge in [-0.15, -0.1) is 0 Å². The summed E-state index contributed by atoms with van der Waals surface area (Å²) >= 11 is 0. The molecule has 0 spiro atoms. The minimum absolute atomic E-state index is 0.236. The Kier molecular flexibility index (Phi) is 8.26. The van der Waals surface area contributed by atoms with Gasteiger partial charge in [0.15, 0.2) is 11.5 Å². The Balaban J connectivity index is 2.14. The lowest BCUT2D eigenvalue weighted by molar-refractivity contribution is 0.0560. The third-order valence-electron chi connectivity index (χ3n) is 5.76. The first-order valence-electron chi connectivity index (χ1n) is 11.5. The van der Waals surface area contributed by atoms with Crippen LogP contribution in [0.5, 0.6) is 11.5 Å². The summed E-state index contributed by atoms with van der Waals surface area (Å²) in [7, 11) is 3.10. The molecule has 2 atom stereocenters. The summed E-state index contributed by atoms with van der Waals surface area (Å²) in [4.78, 5) is 29.5. The zero-order valence-electron chi connectivity index (χ0n) is 20.7. The Morgan fingerprint density at radius 1 is 1.09 bits per heavy atom. The maximum atomic E-state index is 13.3. The van der Waals surface area contributed by atoms with Gasteiger partial charge in [-0.3, -0.25) is 9.80 Å². The van der Waals surface area contributed by atoms with Crippen molar-refractivity contribution in [1.82, 2.24) is 4.90 Å². The fourth-order valence-corrected chi connectivity index (χ4v) is 4.27. The van der Waals surface area contributed by atoms with Crippen molar-refractivity contribution in [3.8, 4) is 11.5 Å². The summed E-state index contributed by atoms with van der Waals surface area (Å²) in [6.07, 6.45) is -0.628. The van der Waals surface area contributed by atoms with Gasteiger partial charge in [0.05, 0.1) is 38.7 Å². The van der Waals surface area contributed by atoms with Crippen LogP contribution in [0.4, 0.5) is 15.3 Å². The second kappa shape index (κ2) is 11.1. The van der Waals surface area contributed by atoms with Crippen LogP contribution in [-0.4, -0.2) is 50.1 Å². The van der Waals surface area contributed by atoms with Crippen molar-refractivity contribution in [2.24, 2.45) is 0 Å². The van der Waals surface area contributed by atoms with E-state index in [9.17, 15) is 9.59 Å². The molecule has 8 heteroatoms. The van der Waals surface area contributed by atoms with Crippen molar-refractivity contribution >= 4 is 17.9 Å². The number of anilines is 1. The summed E-state index contributed by atoms with van der Waals surface area (Å²) in [5, 5.41) is 0. The number of carbonyl (C=O) groups is 2. The highest BCUT2D eigenvalue weighted by Gasteiger charge is 2.40. The number of fused-ring (bicyclic) bond motifs is 1. The summed E-state index contributed by atoms with van der Waals surface area (Å²) in [5.41, 5.74) is 2.36. The first-order valence-corrected chi connectivity index (χ1v) is 11.5. The third-order valence-corrected chi connectivity index (χ3v) is 5.76. The normalized spacial score (nSPS) is 17.1. The van der Waals surface area contributed by atoms with Gasteiger partial charge in [-0.05, 0) is 45.7 Å². The molecule has 8 nitrogen and oxygen atoms in total. The van der Waals surface area contributed by atoms with Gasteiger partial charge >= 0.3 is 12.2 Å². The molecule has 1 aliphatic heterocycles. The van der Waals surface area contributed by atoms with Crippen molar-refractivity contribution in [2.45, 2.75) is 58.8 Å². The average molecular weight is 471 g/mol. The van der Waals surface area contributed by atoms with Gasteiger partial charge in [0.1, 0.15) is 0 Å². The van der Waals surface area contributed by atoms with E-state index in [0.717, 1.165) is 11.1 Å². The molecule has 3 rings (SSSR count). The second-order valence-electron chi connectivity index (χ2n) is 8.48. The van der Waals surface area contributed by atoms with Crippen molar-refractivity contribution in [3.63, 3.8) is 0 Å². The van der Waals surface area contributed by atoms with E-state index in [1.165, 1.54) is 0 Å². The van der Waals surface area contributed by atoms with Crippen LogP contribution >= 0.6 is 0 Å². The molecule has 2 aromatic rings. The van der Waals surface area contributed by atoms with Crippen LogP contribution in [0.3, 0.4) is 0 Å². The Bertz CT molecular complexity index is 994. The van der Waals surface area contributed by atoms with Crippen LogP contribution in [0.25, 0.3) is 0 Å². The first-order chi connectivity index (χ1) is 16.3. The van der Waals surface area contributed by atoms with Crippen LogP contribution in [0.15, 0.2) is 42.5 Å². The largest absolute Gasteiger partial charge is 0.493 e. The molecular weight excluding hydrogens is 436 g/mol. The molecule has 0 fully saturated rings. The number of carbonyl (C=O) groups excluding carboxylic acids is 2. The molecule has 0 saturated carbocycles. The Morgan fingerprint density at radius 2 is 1.74 bits per heavy atom. The van der Waals surface area contributed by atoms with Crippen molar-refractivity contribution in [3.05, 3.63) is 53.6 Å². The molecule has 0 saturated heterocycles. The molecule has 184 valence electrons. The van der Waals surface area contributed by atoms with Crippen molar-refractivity contribution < 1.29 is 28.5 Å². The Morgan fingerprint density at radius 3 is 2.32 bits per heavy atom. The minimum atomic E-state index is -0.443.